The maximum Gasteiger partial charge on any atom is 0.394 e. The maximum atomic E-state index is 9.00. The third-order valence-electron chi connectivity index (χ3n) is 0. The maximum absolute atomic E-state index is 9.00. The standard InChI is InChI=1S/CH4N2O.H2O4S.H2S/c2-1(3)4;1-5(2,3)4;/h(H4,2,3,4);(H2,1,2,3,4);1H2. The molecule has 0 aromatic carbocycles. The molecule has 0 bridgehead atoms. The van der Waals surface area contributed by atoms with Gasteiger partial charge in [0, 0.05) is 0 Å². The van der Waals surface area contributed by atoms with Crippen molar-refractivity contribution >= 4 is 29.9 Å². The van der Waals surface area contributed by atoms with Gasteiger partial charge >= 0.3 is 16.4 Å². The summed E-state index contributed by atoms with van der Waals surface area (Å²) in [5, 5.41) is 0. The zero-order valence-electron chi connectivity index (χ0n) is 4.68. The number of hydrogen-bond donors (Lipinski definition) is 4. The van der Waals surface area contributed by atoms with Gasteiger partial charge in [-0.1, -0.05) is 0 Å². The van der Waals surface area contributed by atoms with Gasteiger partial charge < -0.3 is 11.5 Å². The average molecular weight is 192 g/mol. The van der Waals surface area contributed by atoms with E-state index in [2.05, 4.69) is 11.5 Å². The molecule has 6 N–H and O–H groups in total. The van der Waals surface area contributed by atoms with E-state index in [1.165, 1.54) is 0 Å². The molecule has 0 spiro atoms. The molecule has 0 unspecified atom stereocenters. The Bertz CT molecular complexity index is 160. The predicted molar refractivity (Wildman–Crippen MR) is 38.3 cm³/mol. The van der Waals surface area contributed by atoms with E-state index in [1.54, 1.807) is 0 Å². The lowest BCUT2D eigenvalue weighted by atomic mass is 11.2. The van der Waals surface area contributed by atoms with E-state index >= 15 is 0 Å². The highest BCUT2D eigenvalue weighted by Gasteiger charge is 1.84. The summed E-state index contributed by atoms with van der Waals surface area (Å²) in [6, 6.07) is -0.833. The summed E-state index contributed by atoms with van der Waals surface area (Å²) >= 11 is 0. The molecule has 10 heavy (non-hydrogen) atoms. The summed E-state index contributed by atoms with van der Waals surface area (Å²) in [7, 11) is -4.67. The van der Waals surface area contributed by atoms with Crippen molar-refractivity contribution in [1.29, 1.82) is 0 Å². The Balaban J connectivity index is -0.0000000910. The van der Waals surface area contributed by atoms with Crippen molar-refractivity contribution in [2.24, 2.45) is 11.5 Å². The smallest absolute Gasteiger partial charge is 0.352 e. The second-order valence-electron chi connectivity index (χ2n) is 0.850. The fraction of sp³-hybridized carbons (Fsp3) is 0. The summed E-state index contributed by atoms with van der Waals surface area (Å²) in [6.07, 6.45) is 0. The molecule has 0 aromatic rings. The normalized spacial score (nSPS) is 8.20. The lowest BCUT2D eigenvalue weighted by Gasteiger charge is -1.68. The predicted octanol–water partition coefficient (Wildman–Crippen LogP) is -1.52. The fourth-order valence-electron chi connectivity index (χ4n) is 0. The van der Waals surface area contributed by atoms with Gasteiger partial charge in [-0.3, -0.25) is 9.11 Å². The highest BCUT2D eigenvalue weighted by atomic mass is 32.3. The van der Waals surface area contributed by atoms with Crippen LogP contribution in [0.5, 0.6) is 0 Å². The molecule has 9 heteroatoms. The largest absolute Gasteiger partial charge is 0.394 e. The summed E-state index contributed by atoms with van der Waals surface area (Å²) < 4.78 is 31.6. The minimum atomic E-state index is -4.67. The van der Waals surface area contributed by atoms with E-state index in [9.17, 15) is 0 Å². The Hall–Kier alpha value is -0.510. The van der Waals surface area contributed by atoms with Crippen LogP contribution in [0.3, 0.4) is 0 Å². The third-order valence-corrected chi connectivity index (χ3v) is 0. The van der Waals surface area contributed by atoms with Crippen LogP contribution >= 0.6 is 13.5 Å². The van der Waals surface area contributed by atoms with Gasteiger partial charge in [0.05, 0.1) is 0 Å². The first-order chi connectivity index (χ1) is 3.73. The van der Waals surface area contributed by atoms with Crippen LogP contribution < -0.4 is 11.5 Å². The molecule has 0 aliphatic rings. The summed E-state index contributed by atoms with van der Waals surface area (Å²) in [6.45, 7) is 0. The minimum Gasteiger partial charge on any atom is -0.352 e. The molecule has 0 saturated carbocycles. The molecule has 0 radical (unpaired) electrons. The third kappa shape index (κ3) is 1210. The summed E-state index contributed by atoms with van der Waals surface area (Å²) in [5.41, 5.74) is 8.50. The Morgan fingerprint density at radius 1 is 1.20 bits per heavy atom. The van der Waals surface area contributed by atoms with Gasteiger partial charge in [-0.15, -0.1) is 0 Å². The van der Waals surface area contributed by atoms with Crippen LogP contribution in [-0.2, 0) is 10.4 Å². The molecule has 0 aliphatic carbocycles. The van der Waals surface area contributed by atoms with Crippen molar-refractivity contribution < 1.29 is 22.3 Å². The van der Waals surface area contributed by atoms with Gasteiger partial charge in [0.2, 0.25) is 0 Å². The average Bonchev–Trinajstić information content (AvgIpc) is 1.19. The molecule has 0 fully saturated rings. The van der Waals surface area contributed by atoms with E-state index in [0.29, 0.717) is 0 Å². The van der Waals surface area contributed by atoms with Crippen LogP contribution in [0, 0.1) is 0 Å². The van der Waals surface area contributed by atoms with Crippen molar-refractivity contribution in [3.05, 3.63) is 0 Å². The van der Waals surface area contributed by atoms with Crippen molar-refractivity contribution in [1.82, 2.24) is 0 Å². The topological polar surface area (TPSA) is 144 Å². The molecule has 0 aromatic heterocycles. The quantitative estimate of drug-likeness (QED) is 0.345. The number of primary amides is 2. The first-order valence-corrected chi connectivity index (χ1v) is 2.88. The fourth-order valence-corrected chi connectivity index (χ4v) is 0. The van der Waals surface area contributed by atoms with Gasteiger partial charge in [-0.05, 0) is 0 Å². The monoisotopic (exact) mass is 192 g/mol. The van der Waals surface area contributed by atoms with Crippen LogP contribution in [0.25, 0.3) is 0 Å². The van der Waals surface area contributed by atoms with E-state index < -0.39 is 16.4 Å². The van der Waals surface area contributed by atoms with Gasteiger partial charge in [-0.2, -0.15) is 21.9 Å². The SMILES string of the molecule is NC(N)=O.O=S(=O)(O)O.S. The molecular formula is CH8N2O5S2. The number of carbonyl (C=O) groups is 1. The Labute approximate surface area is 64.4 Å². The van der Waals surface area contributed by atoms with E-state index in [4.69, 9.17) is 22.3 Å². The number of carbonyl (C=O) groups excluding carboxylic acids is 1. The van der Waals surface area contributed by atoms with E-state index in [-0.39, 0.29) is 13.5 Å². The first kappa shape index (κ1) is 16.2. The molecule has 0 rings (SSSR count). The lowest BCUT2D eigenvalue weighted by Crippen LogP contribution is -2.18. The molecular weight excluding hydrogens is 184 g/mol. The zero-order valence-corrected chi connectivity index (χ0v) is 6.50. The molecule has 0 aliphatic heterocycles. The van der Waals surface area contributed by atoms with Crippen LogP contribution in [-0.4, -0.2) is 23.6 Å². The molecule has 7 nitrogen and oxygen atoms in total. The summed E-state index contributed by atoms with van der Waals surface area (Å²) in [4.78, 5) is 9.00. The van der Waals surface area contributed by atoms with Crippen molar-refractivity contribution in [2.45, 2.75) is 0 Å². The zero-order chi connectivity index (χ0) is 8.08. The van der Waals surface area contributed by atoms with Crippen LogP contribution in [0.4, 0.5) is 4.79 Å². The lowest BCUT2D eigenvalue weighted by molar-refractivity contribution is 0.256. The first-order valence-electron chi connectivity index (χ1n) is 1.48. The van der Waals surface area contributed by atoms with Crippen LogP contribution in [0.2, 0.25) is 0 Å². The number of hydrogen-bond acceptors (Lipinski definition) is 3. The van der Waals surface area contributed by atoms with Gasteiger partial charge in [0.1, 0.15) is 0 Å². The van der Waals surface area contributed by atoms with Crippen LogP contribution in [0.1, 0.15) is 0 Å². The van der Waals surface area contributed by atoms with Crippen LogP contribution in [0.15, 0.2) is 0 Å². The van der Waals surface area contributed by atoms with Gasteiger partial charge in [0.25, 0.3) is 0 Å². The summed E-state index contributed by atoms with van der Waals surface area (Å²) in [5.74, 6) is 0. The van der Waals surface area contributed by atoms with Gasteiger partial charge in [0.15, 0.2) is 0 Å². The second-order valence-corrected chi connectivity index (χ2v) is 1.75. The number of urea groups is 1. The van der Waals surface area contributed by atoms with E-state index in [1.807, 2.05) is 0 Å². The molecule has 0 heterocycles. The molecule has 0 saturated heterocycles. The Kier molecular flexibility index (Phi) is 10.7. The molecule has 0 atom stereocenters. The number of amides is 2. The Morgan fingerprint density at radius 3 is 1.20 bits per heavy atom. The highest BCUT2D eigenvalue weighted by molar-refractivity contribution is 7.79. The van der Waals surface area contributed by atoms with Crippen molar-refractivity contribution in [2.75, 3.05) is 0 Å². The highest BCUT2D eigenvalue weighted by Crippen LogP contribution is 1.59. The number of nitrogens with two attached hydrogens (primary N) is 2. The second kappa shape index (κ2) is 6.61. The molecule has 64 valence electrons. The minimum absolute atomic E-state index is 0. The molecule has 2 amide bonds. The van der Waals surface area contributed by atoms with E-state index in [0.717, 1.165) is 0 Å². The number of rotatable bonds is 0. The van der Waals surface area contributed by atoms with Gasteiger partial charge in [-0.25, -0.2) is 4.79 Å². The van der Waals surface area contributed by atoms with Crippen molar-refractivity contribution in [3.63, 3.8) is 0 Å². The van der Waals surface area contributed by atoms with Crippen molar-refractivity contribution in [3.8, 4) is 0 Å². The Morgan fingerprint density at radius 2 is 1.20 bits per heavy atom.